The Bertz CT molecular complexity index is 806. The Morgan fingerprint density at radius 1 is 1.17 bits per heavy atom. The number of nitrogens with one attached hydrogen (secondary N) is 1. The topological polar surface area (TPSA) is 75.7 Å². The van der Waals surface area contributed by atoms with E-state index in [1.807, 2.05) is 0 Å². The van der Waals surface area contributed by atoms with Crippen LogP contribution < -0.4 is 4.72 Å². The van der Waals surface area contributed by atoms with Crippen LogP contribution in [0.1, 0.15) is 10.4 Å². The van der Waals surface area contributed by atoms with E-state index < -0.39 is 10.0 Å². The molecule has 0 bridgehead atoms. The predicted octanol–water partition coefficient (Wildman–Crippen LogP) is 2.88. The van der Waals surface area contributed by atoms with Crippen LogP contribution in [0.25, 0.3) is 0 Å². The maximum absolute atomic E-state index is 12.3. The fourth-order valence-corrected chi connectivity index (χ4v) is 3.12. The molecule has 0 heterocycles. The van der Waals surface area contributed by atoms with Gasteiger partial charge in [-0.05, 0) is 42.5 Å². The second-order valence-corrected chi connectivity index (χ2v) is 7.22. The third-order valence-corrected chi connectivity index (χ3v) is 4.97. The molecule has 0 atom stereocenters. The molecular formula is C15H15BrN2O4S. The first-order chi connectivity index (χ1) is 10.8. The number of sulfonamides is 1. The summed E-state index contributed by atoms with van der Waals surface area (Å²) in [7, 11) is -0.879. The zero-order valence-electron chi connectivity index (χ0n) is 12.5. The van der Waals surface area contributed by atoms with Gasteiger partial charge < -0.3 is 0 Å². The van der Waals surface area contributed by atoms with Gasteiger partial charge in [0.2, 0.25) is 0 Å². The lowest BCUT2D eigenvalue weighted by Gasteiger charge is -2.14. The molecule has 2 aromatic carbocycles. The third kappa shape index (κ3) is 4.31. The average molecular weight is 399 g/mol. The molecule has 0 aliphatic heterocycles. The first-order valence-electron chi connectivity index (χ1n) is 6.54. The molecule has 23 heavy (non-hydrogen) atoms. The number of carbonyl (C=O) groups excluding carboxylic acids is 1. The molecule has 2 rings (SSSR count). The van der Waals surface area contributed by atoms with E-state index in [0.29, 0.717) is 11.3 Å². The summed E-state index contributed by atoms with van der Waals surface area (Å²) in [5.74, 6) is -0.378. The minimum Gasteiger partial charge on any atom is -0.280 e. The number of carbonyl (C=O) groups is 1. The summed E-state index contributed by atoms with van der Waals surface area (Å²) in [5, 5.41) is 1.06. The Labute approximate surface area is 143 Å². The maximum atomic E-state index is 12.3. The molecule has 0 spiro atoms. The summed E-state index contributed by atoms with van der Waals surface area (Å²) < 4.78 is 27.9. The van der Waals surface area contributed by atoms with Crippen molar-refractivity contribution in [3.8, 4) is 0 Å². The van der Waals surface area contributed by atoms with E-state index in [9.17, 15) is 13.2 Å². The van der Waals surface area contributed by atoms with Gasteiger partial charge in [-0.15, -0.1) is 0 Å². The fraction of sp³-hybridized carbons (Fsp3) is 0.133. The molecule has 122 valence electrons. The van der Waals surface area contributed by atoms with E-state index >= 15 is 0 Å². The molecule has 6 nitrogen and oxygen atoms in total. The summed E-state index contributed by atoms with van der Waals surface area (Å²) in [6.07, 6.45) is 0. The number of benzene rings is 2. The van der Waals surface area contributed by atoms with Crippen LogP contribution >= 0.6 is 15.9 Å². The van der Waals surface area contributed by atoms with Gasteiger partial charge in [-0.2, -0.15) is 0 Å². The highest BCUT2D eigenvalue weighted by Crippen LogP contribution is 2.19. The van der Waals surface area contributed by atoms with E-state index in [1.165, 1.54) is 32.4 Å². The monoisotopic (exact) mass is 398 g/mol. The molecule has 0 saturated carbocycles. The molecule has 1 amide bonds. The number of hydrogen-bond donors (Lipinski definition) is 1. The number of hydrogen-bond acceptors (Lipinski definition) is 4. The molecule has 1 N–H and O–H groups in total. The van der Waals surface area contributed by atoms with Gasteiger partial charge in [0.05, 0.1) is 12.0 Å². The van der Waals surface area contributed by atoms with Crippen LogP contribution in [0, 0.1) is 0 Å². The Morgan fingerprint density at radius 2 is 1.83 bits per heavy atom. The van der Waals surface area contributed by atoms with Gasteiger partial charge >= 0.3 is 0 Å². The first kappa shape index (κ1) is 17.5. The maximum Gasteiger partial charge on any atom is 0.277 e. The van der Waals surface area contributed by atoms with Crippen LogP contribution in [0.2, 0.25) is 0 Å². The lowest BCUT2D eigenvalue weighted by atomic mass is 10.2. The Balaban J connectivity index is 2.26. The lowest BCUT2D eigenvalue weighted by Crippen LogP contribution is -2.25. The summed E-state index contributed by atoms with van der Waals surface area (Å²) in [5.41, 5.74) is 0.605. The molecule has 0 saturated heterocycles. The largest absolute Gasteiger partial charge is 0.280 e. The summed E-state index contributed by atoms with van der Waals surface area (Å²) in [6.45, 7) is 0. The van der Waals surface area contributed by atoms with Gasteiger partial charge in [0.25, 0.3) is 15.9 Å². The van der Waals surface area contributed by atoms with Crippen molar-refractivity contribution in [3.05, 3.63) is 58.6 Å². The van der Waals surface area contributed by atoms with Gasteiger partial charge in [0, 0.05) is 22.8 Å². The summed E-state index contributed by atoms with van der Waals surface area (Å²) >= 11 is 3.26. The lowest BCUT2D eigenvalue weighted by molar-refractivity contribution is -0.0756. The average Bonchev–Trinajstić information content (AvgIpc) is 2.53. The Hall–Kier alpha value is -1.90. The number of anilines is 1. The minimum atomic E-state index is -3.73. The molecule has 0 fully saturated rings. The Morgan fingerprint density at radius 3 is 2.43 bits per heavy atom. The zero-order chi connectivity index (χ0) is 17.0. The van der Waals surface area contributed by atoms with Gasteiger partial charge in [-0.25, -0.2) is 13.5 Å². The Kier molecular flexibility index (Phi) is 5.40. The van der Waals surface area contributed by atoms with Crippen LogP contribution in [0.5, 0.6) is 0 Å². The second-order valence-electron chi connectivity index (χ2n) is 4.63. The molecule has 2 aromatic rings. The molecular weight excluding hydrogens is 384 g/mol. The van der Waals surface area contributed by atoms with Crippen molar-refractivity contribution >= 4 is 37.5 Å². The normalized spacial score (nSPS) is 11.1. The number of halogens is 1. The van der Waals surface area contributed by atoms with E-state index in [4.69, 9.17) is 4.84 Å². The first-order valence-corrected chi connectivity index (χ1v) is 8.82. The highest BCUT2D eigenvalue weighted by Gasteiger charge is 2.16. The van der Waals surface area contributed by atoms with Gasteiger partial charge in [0.1, 0.15) is 0 Å². The van der Waals surface area contributed by atoms with E-state index in [2.05, 4.69) is 20.7 Å². The van der Waals surface area contributed by atoms with Crippen LogP contribution in [-0.2, 0) is 14.9 Å². The van der Waals surface area contributed by atoms with Crippen LogP contribution in [0.15, 0.2) is 57.9 Å². The standard InChI is InChI=1S/C15H15BrN2O4S/c1-18(22-2)15(19)11-4-3-5-13(10-11)17-23(20,21)14-8-6-12(16)7-9-14/h3-10,17H,1-2H3. The molecule has 0 aliphatic rings. The SMILES string of the molecule is CON(C)C(=O)c1cccc(NS(=O)(=O)c2ccc(Br)cc2)c1. The zero-order valence-corrected chi connectivity index (χ0v) is 14.9. The number of hydroxylamine groups is 2. The fourth-order valence-electron chi connectivity index (χ4n) is 1.81. The number of rotatable bonds is 5. The van der Waals surface area contributed by atoms with Crippen LogP contribution in [0.3, 0.4) is 0 Å². The van der Waals surface area contributed by atoms with Crippen LogP contribution in [-0.4, -0.2) is 33.5 Å². The van der Waals surface area contributed by atoms with Crippen molar-refractivity contribution in [3.63, 3.8) is 0 Å². The second kappa shape index (κ2) is 7.12. The van der Waals surface area contributed by atoms with E-state index in [-0.39, 0.29) is 10.8 Å². The minimum absolute atomic E-state index is 0.131. The molecule has 0 unspecified atom stereocenters. The van der Waals surface area contributed by atoms with Crippen LogP contribution in [0.4, 0.5) is 5.69 Å². The van der Waals surface area contributed by atoms with Gasteiger partial charge in [-0.3, -0.25) is 14.4 Å². The highest BCUT2D eigenvalue weighted by molar-refractivity contribution is 9.10. The quantitative estimate of drug-likeness (QED) is 0.785. The highest BCUT2D eigenvalue weighted by atomic mass is 79.9. The molecule has 0 radical (unpaired) electrons. The number of nitrogens with zero attached hydrogens (tertiary/aromatic N) is 1. The summed E-state index contributed by atoms with van der Waals surface area (Å²) in [6, 6.07) is 12.4. The van der Waals surface area contributed by atoms with Crippen molar-refractivity contribution in [2.45, 2.75) is 4.90 Å². The van der Waals surface area contributed by atoms with Crippen molar-refractivity contribution in [2.24, 2.45) is 0 Å². The third-order valence-electron chi connectivity index (χ3n) is 3.05. The molecule has 8 heteroatoms. The summed E-state index contributed by atoms with van der Waals surface area (Å²) in [4.78, 5) is 17.0. The van der Waals surface area contributed by atoms with Gasteiger partial charge in [-0.1, -0.05) is 22.0 Å². The predicted molar refractivity (Wildman–Crippen MR) is 90.5 cm³/mol. The van der Waals surface area contributed by atoms with Crippen molar-refractivity contribution < 1.29 is 18.0 Å². The van der Waals surface area contributed by atoms with Crippen molar-refractivity contribution in [2.75, 3.05) is 18.9 Å². The van der Waals surface area contributed by atoms with Crippen molar-refractivity contribution in [1.29, 1.82) is 0 Å². The smallest absolute Gasteiger partial charge is 0.277 e. The van der Waals surface area contributed by atoms with Gasteiger partial charge in [0.15, 0.2) is 0 Å². The van der Waals surface area contributed by atoms with E-state index in [1.54, 1.807) is 30.3 Å². The molecule has 0 aliphatic carbocycles. The number of amides is 1. The van der Waals surface area contributed by atoms with E-state index in [0.717, 1.165) is 9.54 Å². The van der Waals surface area contributed by atoms with Crippen molar-refractivity contribution in [1.82, 2.24) is 5.06 Å². The molecule has 0 aromatic heterocycles.